The number of quaternary nitrogens is 1. The normalized spacial score (nSPS) is 22.9. The number of hydrogen-bond donors (Lipinski definition) is 0. The summed E-state index contributed by atoms with van der Waals surface area (Å²) in [6.07, 6.45) is 5.67. The van der Waals surface area contributed by atoms with E-state index in [4.69, 9.17) is 0 Å². The first-order valence-corrected chi connectivity index (χ1v) is 6.46. The molecule has 1 aliphatic heterocycles. The molecule has 0 spiro atoms. The Labute approximate surface area is 90.1 Å². The molecule has 1 heteroatoms. The van der Waals surface area contributed by atoms with E-state index in [0.717, 1.165) is 12.0 Å². The van der Waals surface area contributed by atoms with Crippen molar-refractivity contribution in [1.29, 1.82) is 0 Å². The molecular weight excluding hydrogens is 170 g/mol. The Kier molecular flexibility index (Phi) is 4.43. The average Bonchev–Trinajstić information content (AvgIpc) is 2.63. The van der Waals surface area contributed by atoms with Gasteiger partial charge >= 0.3 is 0 Å². The van der Waals surface area contributed by atoms with Gasteiger partial charge in [-0.05, 0) is 25.7 Å². The van der Waals surface area contributed by atoms with Gasteiger partial charge in [0.25, 0.3) is 0 Å². The number of nitrogens with zero attached hydrogens (tertiary/aromatic N) is 1. The lowest BCUT2D eigenvalue weighted by Gasteiger charge is -2.40. The molecule has 1 nitrogen and oxygen atoms in total. The minimum absolute atomic E-state index is 0.870. The van der Waals surface area contributed by atoms with E-state index in [0.29, 0.717) is 0 Å². The molecule has 1 unspecified atom stereocenters. The second kappa shape index (κ2) is 5.16. The highest BCUT2D eigenvalue weighted by atomic mass is 15.4. The lowest BCUT2D eigenvalue weighted by Crippen LogP contribution is -2.52. The average molecular weight is 198 g/mol. The summed E-state index contributed by atoms with van der Waals surface area (Å²) in [5.74, 6) is 0.870. The number of hydrogen-bond acceptors (Lipinski definition) is 0. The van der Waals surface area contributed by atoms with Gasteiger partial charge in [0.1, 0.15) is 0 Å². The Hall–Kier alpha value is -0.0400. The van der Waals surface area contributed by atoms with Gasteiger partial charge in [-0.3, -0.25) is 0 Å². The first-order chi connectivity index (χ1) is 6.60. The van der Waals surface area contributed by atoms with Crippen LogP contribution in [0.15, 0.2) is 0 Å². The van der Waals surface area contributed by atoms with Crippen molar-refractivity contribution in [2.45, 2.75) is 59.4 Å². The molecule has 0 aromatic rings. The van der Waals surface area contributed by atoms with Crippen LogP contribution < -0.4 is 0 Å². The van der Waals surface area contributed by atoms with Crippen molar-refractivity contribution in [3.05, 3.63) is 0 Å². The third-order valence-electron chi connectivity index (χ3n) is 4.13. The highest BCUT2D eigenvalue weighted by molar-refractivity contribution is 4.61. The summed E-state index contributed by atoms with van der Waals surface area (Å²) in [5.41, 5.74) is 0. The summed E-state index contributed by atoms with van der Waals surface area (Å²) in [4.78, 5) is 0. The lowest BCUT2D eigenvalue weighted by molar-refractivity contribution is -0.939. The van der Waals surface area contributed by atoms with E-state index in [2.05, 4.69) is 27.7 Å². The van der Waals surface area contributed by atoms with E-state index < -0.39 is 0 Å². The second-order valence-electron chi connectivity index (χ2n) is 5.54. The lowest BCUT2D eigenvalue weighted by atomic mass is 10.1. The Morgan fingerprint density at radius 1 is 1.07 bits per heavy atom. The predicted molar refractivity (Wildman–Crippen MR) is 63.3 cm³/mol. The maximum absolute atomic E-state index is 2.45. The number of likely N-dealkylation sites (tertiary alicyclic amines) is 1. The minimum atomic E-state index is 0.870. The first-order valence-electron chi connectivity index (χ1n) is 6.46. The quantitative estimate of drug-likeness (QED) is 0.594. The third-order valence-corrected chi connectivity index (χ3v) is 4.13. The van der Waals surface area contributed by atoms with E-state index >= 15 is 0 Å². The zero-order valence-electron chi connectivity index (χ0n) is 10.6. The zero-order valence-corrected chi connectivity index (χ0v) is 10.6. The standard InChI is InChI=1S/C13H28N/c1-5-13(4)14(9-6-7-10-14)11-8-12(2)3/h12-13H,5-11H2,1-4H3/q+1. The van der Waals surface area contributed by atoms with Crippen molar-refractivity contribution >= 4 is 0 Å². The molecule has 0 radical (unpaired) electrons. The number of rotatable bonds is 5. The van der Waals surface area contributed by atoms with Gasteiger partial charge in [0.2, 0.25) is 0 Å². The molecule has 0 N–H and O–H groups in total. The van der Waals surface area contributed by atoms with Crippen LogP contribution >= 0.6 is 0 Å². The van der Waals surface area contributed by atoms with Gasteiger partial charge < -0.3 is 4.48 Å². The van der Waals surface area contributed by atoms with Crippen LogP contribution in [0.5, 0.6) is 0 Å². The van der Waals surface area contributed by atoms with Crippen LogP contribution in [0.2, 0.25) is 0 Å². The molecule has 0 bridgehead atoms. The molecule has 1 fully saturated rings. The Morgan fingerprint density at radius 2 is 1.64 bits per heavy atom. The Balaban J connectivity index is 2.53. The van der Waals surface area contributed by atoms with Gasteiger partial charge in [0.05, 0.1) is 25.7 Å². The highest BCUT2D eigenvalue weighted by Crippen LogP contribution is 2.26. The molecular formula is C13H28N+. The van der Waals surface area contributed by atoms with Crippen LogP contribution in [-0.4, -0.2) is 30.2 Å². The zero-order chi connectivity index (χ0) is 10.6. The monoisotopic (exact) mass is 198 g/mol. The van der Waals surface area contributed by atoms with E-state index in [9.17, 15) is 0 Å². The van der Waals surface area contributed by atoms with E-state index in [-0.39, 0.29) is 0 Å². The van der Waals surface area contributed by atoms with Crippen molar-refractivity contribution in [3.63, 3.8) is 0 Å². The SMILES string of the molecule is CCC(C)[N+]1(CCC(C)C)CCCC1. The van der Waals surface area contributed by atoms with E-state index in [1.807, 2.05) is 0 Å². The van der Waals surface area contributed by atoms with Crippen LogP contribution in [0.25, 0.3) is 0 Å². The molecule has 1 heterocycles. The van der Waals surface area contributed by atoms with Gasteiger partial charge in [0.15, 0.2) is 0 Å². The Bertz CT molecular complexity index is 157. The smallest absolute Gasteiger partial charge is 0.0859 e. The molecule has 0 aromatic carbocycles. The van der Waals surface area contributed by atoms with Gasteiger partial charge in [-0.15, -0.1) is 0 Å². The van der Waals surface area contributed by atoms with Crippen LogP contribution in [-0.2, 0) is 0 Å². The maximum Gasteiger partial charge on any atom is 0.0859 e. The van der Waals surface area contributed by atoms with Crippen LogP contribution in [0, 0.1) is 5.92 Å². The first kappa shape index (κ1) is 12.0. The van der Waals surface area contributed by atoms with E-state index in [1.54, 1.807) is 0 Å². The van der Waals surface area contributed by atoms with Gasteiger partial charge in [0, 0.05) is 12.8 Å². The summed E-state index contributed by atoms with van der Waals surface area (Å²) in [6.45, 7) is 13.8. The predicted octanol–water partition coefficient (Wildman–Crippen LogP) is 3.44. The largest absolute Gasteiger partial charge is 0.321 e. The third kappa shape index (κ3) is 2.73. The van der Waals surface area contributed by atoms with Crippen molar-refractivity contribution < 1.29 is 4.48 Å². The second-order valence-corrected chi connectivity index (χ2v) is 5.54. The van der Waals surface area contributed by atoms with Crippen molar-refractivity contribution in [1.82, 2.24) is 0 Å². The summed E-state index contributed by atoms with van der Waals surface area (Å²) < 4.78 is 1.43. The fourth-order valence-electron chi connectivity index (χ4n) is 2.75. The van der Waals surface area contributed by atoms with Gasteiger partial charge in [-0.1, -0.05) is 20.8 Å². The molecule has 1 aliphatic rings. The topological polar surface area (TPSA) is 0 Å². The minimum Gasteiger partial charge on any atom is -0.321 e. The summed E-state index contributed by atoms with van der Waals surface area (Å²) in [6, 6.07) is 0.885. The summed E-state index contributed by atoms with van der Waals surface area (Å²) >= 11 is 0. The van der Waals surface area contributed by atoms with Crippen LogP contribution in [0.4, 0.5) is 0 Å². The van der Waals surface area contributed by atoms with Gasteiger partial charge in [-0.25, -0.2) is 0 Å². The fraction of sp³-hybridized carbons (Fsp3) is 1.00. The van der Waals surface area contributed by atoms with Crippen molar-refractivity contribution in [3.8, 4) is 0 Å². The molecule has 1 saturated heterocycles. The van der Waals surface area contributed by atoms with Gasteiger partial charge in [-0.2, -0.15) is 0 Å². The Morgan fingerprint density at radius 3 is 2.07 bits per heavy atom. The van der Waals surface area contributed by atoms with Crippen molar-refractivity contribution in [2.24, 2.45) is 5.92 Å². The molecule has 1 atom stereocenters. The molecule has 0 amide bonds. The highest BCUT2D eigenvalue weighted by Gasteiger charge is 2.35. The molecule has 14 heavy (non-hydrogen) atoms. The van der Waals surface area contributed by atoms with Crippen molar-refractivity contribution in [2.75, 3.05) is 19.6 Å². The summed E-state index contributed by atoms with van der Waals surface area (Å²) in [5, 5.41) is 0. The summed E-state index contributed by atoms with van der Waals surface area (Å²) in [7, 11) is 0. The maximum atomic E-state index is 2.45. The molecule has 0 aromatic heterocycles. The molecule has 1 rings (SSSR count). The molecule has 0 saturated carbocycles. The van der Waals surface area contributed by atoms with Crippen LogP contribution in [0.1, 0.15) is 53.4 Å². The molecule has 0 aliphatic carbocycles. The molecule has 84 valence electrons. The van der Waals surface area contributed by atoms with E-state index in [1.165, 1.54) is 49.8 Å². The fourth-order valence-corrected chi connectivity index (χ4v) is 2.75. The van der Waals surface area contributed by atoms with Crippen LogP contribution in [0.3, 0.4) is 0 Å².